The van der Waals surface area contributed by atoms with Gasteiger partial charge in [0.25, 0.3) is 0 Å². The highest BCUT2D eigenvalue weighted by Crippen LogP contribution is 2.44. The van der Waals surface area contributed by atoms with Crippen molar-refractivity contribution in [1.29, 1.82) is 0 Å². The summed E-state index contributed by atoms with van der Waals surface area (Å²) in [6.07, 6.45) is 7.19. The molecule has 2 aliphatic carbocycles. The zero-order valence-corrected chi connectivity index (χ0v) is 12.6. The standard InChI is InChI=1S/C15H22N2O4/c1-19-13(18)11(10-6-3-4-7-10)12-16-14(17-21-12)15(20-2)8-5-9-15/h10-11H,3-9H2,1-2H3. The predicted octanol–water partition coefficient (Wildman–Crippen LogP) is 2.54. The van der Waals surface area contributed by atoms with Crippen LogP contribution in [0.3, 0.4) is 0 Å². The lowest BCUT2D eigenvalue weighted by molar-refractivity contribution is -0.144. The Morgan fingerprint density at radius 1 is 1.29 bits per heavy atom. The van der Waals surface area contributed by atoms with E-state index in [4.69, 9.17) is 14.0 Å². The number of carbonyl (C=O) groups excluding carboxylic acids is 1. The van der Waals surface area contributed by atoms with Crippen LogP contribution in [0.2, 0.25) is 0 Å². The van der Waals surface area contributed by atoms with Crippen molar-refractivity contribution >= 4 is 5.97 Å². The molecule has 2 fully saturated rings. The molecule has 0 bridgehead atoms. The molecular formula is C15H22N2O4. The van der Waals surface area contributed by atoms with Crippen LogP contribution in [0.1, 0.15) is 62.6 Å². The van der Waals surface area contributed by atoms with Crippen LogP contribution in [0, 0.1) is 5.92 Å². The molecule has 0 aliphatic heterocycles. The quantitative estimate of drug-likeness (QED) is 0.777. The van der Waals surface area contributed by atoms with E-state index in [9.17, 15) is 4.79 Å². The summed E-state index contributed by atoms with van der Waals surface area (Å²) in [7, 11) is 3.08. The first-order valence-electron chi connectivity index (χ1n) is 7.67. The Hall–Kier alpha value is -1.43. The summed E-state index contributed by atoms with van der Waals surface area (Å²) < 4.78 is 15.9. The molecule has 0 spiro atoms. The van der Waals surface area contributed by atoms with Crippen molar-refractivity contribution in [3.63, 3.8) is 0 Å². The first-order valence-corrected chi connectivity index (χ1v) is 7.67. The molecule has 0 N–H and O–H groups in total. The van der Waals surface area contributed by atoms with E-state index < -0.39 is 11.5 Å². The summed E-state index contributed by atoms with van der Waals surface area (Å²) in [5, 5.41) is 4.07. The van der Waals surface area contributed by atoms with Gasteiger partial charge < -0.3 is 14.0 Å². The van der Waals surface area contributed by atoms with Gasteiger partial charge >= 0.3 is 5.97 Å². The topological polar surface area (TPSA) is 74.5 Å². The molecule has 2 saturated carbocycles. The summed E-state index contributed by atoms with van der Waals surface area (Å²) in [6, 6.07) is 0. The molecule has 3 rings (SSSR count). The molecule has 1 heterocycles. The minimum absolute atomic E-state index is 0.241. The Labute approximate surface area is 124 Å². The molecule has 0 amide bonds. The molecule has 1 aromatic rings. The number of aromatic nitrogens is 2. The summed E-state index contributed by atoms with van der Waals surface area (Å²) in [6.45, 7) is 0. The Bertz CT molecular complexity index is 498. The fourth-order valence-electron chi connectivity index (χ4n) is 3.48. The van der Waals surface area contributed by atoms with Crippen molar-refractivity contribution in [2.45, 2.75) is 56.5 Å². The van der Waals surface area contributed by atoms with E-state index in [1.807, 2.05) is 0 Å². The molecule has 21 heavy (non-hydrogen) atoms. The Morgan fingerprint density at radius 3 is 2.52 bits per heavy atom. The van der Waals surface area contributed by atoms with Gasteiger partial charge in [0.15, 0.2) is 0 Å². The molecular weight excluding hydrogens is 272 g/mol. The number of ether oxygens (including phenoxy) is 2. The normalized spacial score (nSPS) is 22.8. The summed E-state index contributed by atoms with van der Waals surface area (Å²) in [4.78, 5) is 16.6. The van der Waals surface area contributed by atoms with Crippen molar-refractivity contribution in [2.75, 3.05) is 14.2 Å². The van der Waals surface area contributed by atoms with Crippen molar-refractivity contribution in [2.24, 2.45) is 5.92 Å². The molecule has 0 radical (unpaired) electrons. The number of esters is 1. The fourth-order valence-corrected chi connectivity index (χ4v) is 3.48. The summed E-state index contributed by atoms with van der Waals surface area (Å²) >= 11 is 0. The maximum atomic E-state index is 12.1. The van der Waals surface area contributed by atoms with Gasteiger partial charge in [-0.1, -0.05) is 18.0 Å². The number of rotatable bonds is 5. The third-order valence-corrected chi connectivity index (χ3v) is 4.99. The smallest absolute Gasteiger partial charge is 0.318 e. The van der Waals surface area contributed by atoms with E-state index in [1.165, 1.54) is 7.11 Å². The number of nitrogens with zero attached hydrogens (tertiary/aromatic N) is 2. The largest absolute Gasteiger partial charge is 0.468 e. The number of hydrogen-bond donors (Lipinski definition) is 0. The van der Waals surface area contributed by atoms with Gasteiger partial charge in [-0.3, -0.25) is 4.79 Å². The molecule has 2 aliphatic rings. The Balaban J connectivity index is 1.86. The second-order valence-electron chi connectivity index (χ2n) is 6.05. The lowest BCUT2D eigenvalue weighted by Crippen LogP contribution is -2.37. The van der Waals surface area contributed by atoms with E-state index in [-0.39, 0.29) is 11.9 Å². The zero-order valence-electron chi connectivity index (χ0n) is 12.6. The van der Waals surface area contributed by atoms with Crippen molar-refractivity contribution in [3.05, 3.63) is 11.7 Å². The van der Waals surface area contributed by atoms with Gasteiger partial charge in [0.05, 0.1) is 7.11 Å². The Morgan fingerprint density at radius 2 is 2.00 bits per heavy atom. The number of hydrogen-bond acceptors (Lipinski definition) is 6. The van der Waals surface area contributed by atoms with Crippen molar-refractivity contribution in [1.82, 2.24) is 10.1 Å². The third-order valence-electron chi connectivity index (χ3n) is 4.99. The average molecular weight is 294 g/mol. The van der Waals surface area contributed by atoms with E-state index in [0.717, 1.165) is 44.9 Å². The lowest BCUT2D eigenvalue weighted by Gasteiger charge is -2.37. The average Bonchev–Trinajstić information content (AvgIpc) is 3.11. The molecule has 1 atom stereocenters. The fraction of sp³-hybridized carbons (Fsp3) is 0.800. The van der Waals surface area contributed by atoms with Gasteiger partial charge in [0.1, 0.15) is 11.5 Å². The van der Waals surface area contributed by atoms with E-state index in [0.29, 0.717) is 11.7 Å². The molecule has 6 heteroatoms. The van der Waals surface area contributed by atoms with Gasteiger partial charge in [0.2, 0.25) is 11.7 Å². The highest BCUT2D eigenvalue weighted by atomic mass is 16.5. The molecule has 6 nitrogen and oxygen atoms in total. The maximum Gasteiger partial charge on any atom is 0.318 e. The summed E-state index contributed by atoms with van der Waals surface area (Å²) in [5.74, 6) is 0.473. The number of methoxy groups -OCH3 is 2. The third kappa shape index (κ3) is 2.46. The molecule has 1 aromatic heterocycles. The summed E-state index contributed by atoms with van der Waals surface area (Å²) in [5.41, 5.74) is -0.419. The first-order chi connectivity index (χ1) is 10.2. The second kappa shape index (κ2) is 5.75. The molecule has 1 unspecified atom stereocenters. The lowest BCUT2D eigenvalue weighted by atomic mass is 9.79. The van der Waals surface area contributed by atoms with Crippen LogP contribution in [0.15, 0.2) is 4.52 Å². The van der Waals surface area contributed by atoms with E-state index >= 15 is 0 Å². The van der Waals surface area contributed by atoms with Crippen LogP contribution in [0.5, 0.6) is 0 Å². The van der Waals surface area contributed by atoms with Gasteiger partial charge in [-0.15, -0.1) is 0 Å². The molecule has 0 saturated heterocycles. The van der Waals surface area contributed by atoms with Gasteiger partial charge in [-0.2, -0.15) is 4.98 Å². The number of carbonyl (C=O) groups is 1. The van der Waals surface area contributed by atoms with Crippen LogP contribution < -0.4 is 0 Å². The SMILES string of the molecule is COC(=O)C(c1nc(C2(OC)CCC2)no1)C1CCCC1. The van der Waals surface area contributed by atoms with Crippen LogP contribution in [-0.4, -0.2) is 30.3 Å². The van der Waals surface area contributed by atoms with Gasteiger partial charge in [-0.05, 0) is 38.0 Å². The van der Waals surface area contributed by atoms with Crippen molar-refractivity contribution < 1.29 is 18.8 Å². The van der Waals surface area contributed by atoms with Crippen LogP contribution >= 0.6 is 0 Å². The highest BCUT2D eigenvalue weighted by Gasteiger charge is 2.45. The second-order valence-corrected chi connectivity index (χ2v) is 6.05. The monoisotopic (exact) mass is 294 g/mol. The minimum atomic E-state index is -0.437. The highest BCUT2D eigenvalue weighted by molar-refractivity contribution is 5.77. The zero-order chi connectivity index (χ0) is 14.9. The predicted molar refractivity (Wildman–Crippen MR) is 73.6 cm³/mol. The van der Waals surface area contributed by atoms with E-state index in [2.05, 4.69) is 10.1 Å². The van der Waals surface area contributed by atoms with E-state index in [1.54, 1.807) is 7.11 Å². The van der Waals surface area contributed by atoms with Crippen LogP contribution in [0.25, 0.3) is 0 Å². The Kier molecular flexibility index (Phi) is 3.97. The van der Waals surface area contributed by atoms with Crippen LogP contribution in [0.4, 0.5) is 0 Å². The first kappa shape index (κ1) is 14.5. The minimum Gasteiger partial charge on any atom is -0.468 e. The van der Waals surface area contributed by atoms with Gasteiger partial charge in [-0.25, -0.2) is 0 Å². The molecule has 116 valence electrons. The molecule has 0 aromatic carbocycles. The van der Waals surface area contributed by atoms with Gasteiger partial charge in [0, 0.05) is 7.11 Å². The van der Waals surface area contributed by atoms with Crippen LogP contribution in [-0.2, 0) is 19.9 Å². The van der Waals surface area contributed by atoms with Crippen molar-refractivity contribution in [3.8, 4) is 0 Å². The maximum absolute atomic E-state index is 12.1.